The second-order valence-corrected chi connectivity index (χ2v) is 5.58. The second-order valence-electron chi connectivity index (χ2n) is 2.36. The predicted octanol–water partition coefficient (Wildman–Crippen LogP) is -0.557. The quantitative estimate of drug-likeness (QED) is 0.591. The van der Waals surface area contributed by atoms with Gasteiger partial charge in [0.15, 0.2) is 0 Å². The van der Waals surface area contributed by atoms with Crippen molar-refractivity contribution in [3.05, 3.63) is 12.3 Å². The van der Waals surface area contributed by atoms with Gasteiger partial charge in [0.05, 0.1) is 6.20 Å². The van der Waals surface area contributed by atoms with E-state index in [4.69, 9.17) is 8.85 Å². The Hall–Kier alpha value is -0.853. The van der Waals surface area contributed by atoms with Gasteiger partial charge in [-0.25, -0.2) is 0 Å². The van der Waals surface area contributed by atoms with Crippen LogP contribution in [0.3, 0.4) is 0 Å². The topological polar surface area (TPSA) is 57.1 Å². The van der Waals surface area contributed by atoms with Crippen LogP contribution in [-0.2, 0) is 8.85 Å². The number of nitrogens with zero attached hydrogens (tertiary/aromatic N) is 3. The summed E-state index contributed by atoms with van der Waals surface area (Å²) in [6, 6.07) is 1.76. The van der Waals surface area contributed by atoms with Crippen molar-refractivity contribution in [3.8, 4) is 0 Å². The molecule has 1 aromatic heterocycles. The number of rotatable bonds is 3. The Morgan fingerprint density at radius 3 is 2.42 bits per heavy atom. The van der Waals surface area contributed by atoms with Gasteiger partial charge in [0.1, 0.15) is 5.32 Å². The molecule has 12 heavy (non-hydrogen) atoms. The first kappa shape index (κ1) is 9.24. The maximum atomic E-state index is 5.26. The SMILES string of the molecule is CO[Si](C)(OC)c1ccnnn1. The molecule has 1 heterocycles. The monoisotopic (exact) mass is 185 g/mol. The molecule has 0 aliphatic carbocycles. The first-order valence-corrected chi connectivity index (χ1v) is 5.80. The smallest absolute Gasteiger partial charge is 0.389 e. The Labute approximate surface area is 72.0 Å². The Morgan fingerprint density at radius 2 is 2.00 bits per heavy atom. The number of hydrogen-bond acceptors (Lipinski definition) is 5. The summed E-state index contributed by atoms with van der Waals surface area (Å²) < 4.78 is 10.5. The van der Waals surface area contributed by atoms with Gasteiger partial charge in [-0.15, -0.1) is 10.2 Å². The zero-order valence-corrected chi connectivity index (χ0v) is 8.31. The van der Waals surface area contributed by atoms with E-state index in [-0.39, 0.29) is 0 Å². The van der Waals surface area contributed by atoms with Crippen molar-refractivity contribution >= 4 is 13.9 Å². The van der Waals surface area contributed by atoms with Crippen molar-refractivity contribution in [1.29, 1.82) is 0 Å². The van der Waals surface area contributed by atoms with Crippen molar-refractivity contribution in [2.45, 2.75) is 6.55 Å². The van der Waals surface area contributed by atoms with Gasteiger partial charge >= 0.3 is 8.56 Å². The highest BCUT2D eigenvalue weighted by molar-refractivity contribution is 6.79. The molecule has 1 aromatic rings. The molecule has 0 atom stereocenters. The van der Waals surface area contributed by atoms with Crippen LogP contribution in [-0.4, -0.2) is 38.2 Å². The van der Waals surface area contributed by atoms with Crippen LogP contribution in [0.4, 0.5) is 0 Å². The average molecular weight is 185 g/mol. The molecule has 6 heteroatoms. The van der Waals surface area contributed by atoms with Gasteiger partial charge in [0.25, 0.3) is 0 Å². The van der Waals surface area contributed by atoms with Gasteiger partial charge in [0, 0.05) is 14.2 Å². The maximum Gasteiger partial charge on any atom is 0.389 e. The lowest BCUT2D eigenvalue weighted by Crippen LogP contribution is -2.51. The molecule has 0 aliphatic heterocycles. The fraction of sp³-hybridized carbons (Fsp3) is 0.500. The molecule has 0 saturated heterocycles. The Kier molecular flexibility index (Phi) is 2.85. The minimum Gasteiger partial charge on any atom is -0.394 e. The molecule has 0 unspecified atom stereocenters. The summed E-state index contributed by atoms with van der Waals surface area (Å²) in [6.45, 7) is 1.90. The van der Waals surface area contributed by atoms with E-state index in [1.54, 1.807) is 26.5 Å². The van der Waals surface area contributed by atoms with E-state index >= 15 is 0 Å². The average Bonchev–Trinajstić information content (AvgIpc) is 2.18. The third-order valence-electron chi connectivity index (χ3n) is 1.75. The van der Waals surface area contributed by atoms with Crippen molar-refractivity contribution in [2.24, 2.45) is 0 Å². The van der Waals surface area contributed by atoms with E-state index in [1.165, 1.54) is 0 Å². The van der Waals surface area contributed by atoms with E-state index in [9.17, 15) is 0 Å². The summed E-state index contributed by atoms with van der Waals surface area (Å²) >= 11 is 0. The molecule has 5 nitrogen and oxygen atoms in total. The molecular weight excluding hydrogens is 174 g/mol. The zero-order valence-electron chi connectivity index (χ0n) is 7.31. The van der Waals surface area contributed by atoms with E-state index in [2.05, 4.69) is 15.4 Å². The van der Waals surface area contributed by atoms with Gasteiger partial charge < -0.3 is 8.85 Å². The predicted molar refractivity (Wildman–Crippen MR) is 45.1 cm³/mol. The Morgan fingerprint density at radius 1 is 1.33 bits per heavy atom. The van der Waals surface area contributed by atoms with Crippen LogP contribution >= 0.6 is 0 Å². The largest absolute Gasteiger partial charge is 0.394 e. The highest BCUT2D eigenvalue weighted by atomic mass is 28.4. The number of aromatic nitrogens is 3. The standard InChI is InChI=1S/C6H11N3O2Si/c1-10-12(3,11-2)6-4-5-7-9-8-6/h4-5H,1-3H3. The molecule has 0 N–H and O–H groups in total. The molecule has 0 saturated carbocycles. The van der Waals surface area contributed by atoms with Gasteiger partial charge in [-0.05, 0) is 17.8 Å². The van der Waals surface area contributed by atoms with Gasteiger partial charge in [-0.1, -0.05) is 0 Å². The lowest BCUT2D eigenvalue weighted by atomic mass is 10.7. The van der Waals surface area contributed by atoms with Gasteiger partial charge in [0.2, 0.25) is 0 Å². The zero-order chi connectivity index (χ0) is 9.03. The van der Waals surface area contributed by atoms with Crippen LogP contribution in [0.15, 0.2) is 12.3 Å². The van der Waals surface area contributed by atoms with Crippen molar-refractivity contribution < 1.29 is 8.85 Å². The van der Waals surface area contributed by atoms with E-state index < -0.39 is 8.56 Å². The molecule has 1 rings (SSSR count). The lowest BCUT2D eigenvalue weighted by Gasteiger charge is -2.20. The van der Waals surface area contributed by atoms with Crippen LogP contribution in [0.2, 0.25) is 6.55 Å². The third-order valence-corrected chi connectivity index (χ3v) is 4.50. The maximum absolute atomic E-state index is 5.26. The highest BCUT2D eigenvalue weighted by Gasteiger charge is 2.33. The van der Waals surface area contributed by atoms with E-state index in [0.29, 0.717) is 0 Å². The van der Waals surface area contributed by atoms with Crippen molar-refractivity contribution in [1.82, 2.24) is 15.4 Å². The van der Waals surface area contributed by atoms with Gasteiger partial charge in [-0.3, -0.25) is 0 Å². The van der Waals surface area contributed by atoms with Crippen molar-refractivity contribution in [3.63, 3.8) is 0 Å². The van der Waals surface area contributed by atoms with Crippen LogP contribution in [0.5, 0.6) is 0 Å². The molecule has 0 amide bonds. The van der Waals surface area contributed by atoms with E-state index in [0.717, 1.165) is 5.32 Å². The molecule has 0 fully saturated rings. The normalized spacial score (nSPS) is 11.6. The minimum atomic E-state index is -2.29. The fourth-order valence-electron chi connectivity index (χ4n) is 0.776. The second kappa shape index (κ2) is 3.70. The minimum absolute atomic E-state index is 0.738. The number of hydrogen-bond donors (Lipinski definition) is 0. The van der Waals surface area contributed by atoms with Gasteiger partial charge in [-0.2, -0.15) is 0 Å². The Balaban J connectivity index is 2.95. The summed E-state index contributed by atoms with van der Waals surface area (Å²) in [7, 11) is 0.931. The summed E-state index contributed by atoms with van der Waals surface area (Å²) in [5, 5.41) is 11.7. The molecule has 0 aliphatic rings. The molecule has 0 radical (unpaired) electrons. The first-order chi connectivity index (χ1) is 5.73. The highest BCUT2D eigenvalue weighted by Crippen LogP contribution is 2.01. The lowest BCUT2D eigenvalue weighted by molar-refractivity contribution is 0.264. The molecule has 0 aromatic carbocycles. The summed E-state index contributed by atoms with van der Waals surface area (Å²) in [6.07, 6.45) is 1.58. The molecular formula is C6H11N3O2Si. The van der Waals surface area contributed by atoms with E-state index in [1.807, 2.05) is 6.55 Å². The van der Waals surface area contributed by atoms with Crippen molar-refractivity contribution in [2.75, 3.05) is 14.2 Å². The van der Waals surface area contributed by atoms with Crippen LogP contribution in [0, 0.1) is 0 Å². The Bertz CT molecular complexity index is 240. The first-order valence-electron chi connectivity index (χ1n) is 3.48. The fourth-order valence-corrected chi connectivity index (χ4v) is 1.96. The summed E-state index contributed by atoms with van der Waals surface area (Å²) in [5.41, 5.74) is 0. The summed E-state index contributed by atoms with van der Waals surface area (Å²) in [5.74, 6) is 0. The molecule has 0 bridgehead atoms. The van der Waals surface area contributed by atoms with Crippen LogP contribution in [0.25, 0.3) is 0 Å². The van der Waals surface area contributed by atoms with Crippen LogP contribution in [0.1, 0.15) is 0 Å². The van der Waals surface area contributed by atoms with Crippen LogP contribution < -0.4 is 5.32 Å². The molecule has 66 valence electrons. The summed E-state index contributed by atoms with van der Waals surface area (Å²) in [4.78, 5) is 0. The third kappa shape index (κ3) is 1.66. The molecule has 0 spiro atoms.